The third-order valence-corrected chi connectivity index (χ3v) is 6.70. The molecule has 2 atom stereocenters. The minimum Gasteiger partial charge on any atom is -0.504 e. The second-order valence-corrected chi connectivity index (χ2v) is 8.70. The highest BCUT2D eigenvalue weighted by molar-refractivity contribution is 6.44. The number of carbonyl (C=O) groups is 3. The molecule has 8 heteroatoms. The summed E-state index contributed by atoms with van der Waals surface area (Å²) in [5, 5.41) is 10.2. The van der Waals surface area contributed by atoms with E-state index in [9.17, 15) is 19.5 Å². The molecule has 0 radical (unpaired) electrons. The highest BCUT2D eigenvalue weighted by Crippen LogP contribution is 2.41. The molecule has 2 N–H and O–H groups in total. The summed E-state index contributed by atoms with van der Waals surface area (Å²) < 4.78 is 10.8. The van der Waals surface area contributed by atoms with Gasteiger partial charge in [-0.1, -0.05) is 6.07 Å². The second-order valence-electron chi connectivity index (χ2n) is 8.70. The first-order valence-electron chi connectivity index (χ1n) is 12.1. The number of nitrogens with one attached hydrogen (secondary N) is 1. The van der Waals surface area contributed by atoms with Gasteiger partial charge in [0.05, 0.1) is 45.9 Å². The minimum atomic E-state index is -1.19. The van der Waals surface area contributed by atoms with Crippen molar-refractivity contribution in [2.45, 2.75) is 33.7 Å². The zero-order valence-electron chi connectivity index (χ0n) is 21.1. The highest BCUT2D eigenvalue weighted by atomic mass is 16.5. The standard InChI is InChI=1S/C27H34N2O6/c1-6-28(7-2)13-14-29-24(18-9-11-20(30)22(16-18)35-8-3)23(26(32)27(29)33)25(31)19-10-12-21(34-5)17(4)15-19/h9-12,15-16,23-24,30H,6-8,13-14H2,1-5H3/p+1. The number of likely N-dealkylation sites (tertiary alicyclic amines) is 1. The van der Waals surface area contributed by atoms with Gasteiger partial charge in [0.1, 0.15) is 11.7 Å². The van der Waals surface area contributed by atoms with Crippen LogP contribution in [0.5, 0.6) is 17.2 Å². The number of Topliss-reactive ketones (excluding diaryl/α,β-unsaturated/α-hetero) is 2. The monoisotopic (exact) mass is 483 g/mol. The second kappa shape index (κ2) is 11.4. The van der Waals surface area contributed by atoms with Crippen LogP contribution < -0.4 is 14.4 Å². The zero-order chi connectivity index (χ0) is 25.7. The van der Waals surface area contributed by atoms with E-state index in [1.165, 1.54) is 15.9 Å². The number of likely N-dealkylation sites (N-methyl/N-ethyl adjacent to an activating group) is 1. The Labute approximate surface area is 206 Å². The lowest BCUT2D eigenvalue weighted by Crippen LogP contribution is -3.12. The molecule has 1 fully saturated rings. The van der Waals surface area contributed by atoms with Gasteiger partial charge in [-0.3, -0.25) is 14.4 Å². The lowest BCUT2D eigenvalue weighted by atomic mass is 9.85. The van der Waals surface area contributed by atoms with Crippen molar-refractivity contribution in [1.82, 2.24) is 4.90 Å². The fourth-order valence-electron chi connectivity index (χ4n) is 4.68. The molecule has 1 aliphatic heterocycles. The van der Waals surface area contributed by atoms with Gasteiger partial charge in [-0.25, -0.2) is 0 Å². The highest BCUT2D eigenvalue weighted by Gasteiger charge is 2.52. The van der Waals surface area contributed by atoms with Crippen LogP contribution in [0.4, 0.5) is 0 Å². The van der Waals surface area contributed by atoms with Crippen LogP contribution in [-0.4, -0.2) is 67.4 Å². The largest absolute Gasteiger partial charge is 0.504 e. The Morgan fingerprint density at radius 2 is 1.77 bits per heavy atom. The molecule has 1 saturated heterocycles. The average molecular weight is 484 g/mol. The molecule has 0 aliphatic carbocycles. The maximum atomic E-state index is 13.7. The molecule has 0 spiro atoms. The third kappa shape index (κ3) is 5.32. The third-order valence-electron chi connectivity index (χ3n) is 6.70. The van der Waals surface area contributed by atoms with E-state index >= 15 is 0 Å². The van der Waals surface area contributed by atoms with E-state index in [-0.39, 0.29) is 11.5 Å². The van der Waals surface area contributed by atoms with Crippen LogP contribution in [0.3, 0.4) is 0 Å². The van der Waals surface area contributed by atoms with Gasteiger partial charge >= 0.3 is 0 Å². The van der Waals surface area contributed by atoms with Crippen LogP contribution in [0.15, 0.2) is 36.4 Å². The van der Waals surface area contributed by atoms with Crippen molar-refractivity contribution >= 4 is 17.5 Å². The zero-order valence-corrected chi connectivity index (χ0v) is 21.1. The van der Waals surface area contributed by atoms with E-state index in [0.29, 0.717) is 36.6 Å². The molecule has 1 heterocycles. The fraction of sp³-hybridized carbons (Fsp3) is 0.444. The molecule has 3 rings (SSSR count). The number of nitrogens with zero attached hydrogens (tertiary/aromatic N) is 1. The predicted molar refractivity (Wildman–Crippen MR) is 131 cm³/mol. The van der Waals surface area contributed by atoms with Crippen molar-refractivity contribution in [2.75, 3.05) is 39.9 Å². The number of ketones is 2. The van der Waals surface area contributed by atoms with E-state index in [1.807, 2.05) is 6.92 Å². The van der Waals surface area contributed by atoms with Gasteiger partial charge in [0, 0.05) is 5.56 Å². The van der Waals surface area contributed by atoms with Gasteiger partial charge in [0.2, 0.25) is 5.78 Å². The van der Waals surface area contributed by atoms with Crippen LogP contribution >= 0.6 is 0 Å². The Hall–Kier alpha value is -3.39. The normalized spacial score (nSPS) is 17.8. The maximum Gasteiger partial charge on any atom is 0.291 e. The summed E-state index contributed by atoms with van der Waals surface area (Å²) in [7, 11) is 1.55. The Morgan fingerprint density at radius 1 is 1.06 bits per heavy atom. The fourth-order valence-corrected chi connectivity index (χ4v) is 4.68. The topological polar surface area (TPSA) is 97.6 Å². The summed E-state index contributed by atoms with van der Waals surface area (Å²) in [6, 6.07) is 8.93. The maximum absolute atomic E-state index is 13.7. The molecule has 0 aromatic heterocycles. The van der Waals surface area contributed by atoms with E-state index < -0.39 is 29.4 Å². The number of carbonyl (C=O) groups excluding carboxylic acids is 3. The minimum absolute atomic E-state index is 0.0426. The molecule has 0 bridgehead atoms. The Bertz CT molecular complexity index is 1100. The molecular weight excluding hydrogens is 448 g/mol. The van der Waals surface area contributed by atoms with Crippen molar-refractivity contribution in [3.8, 4) is 17.2 Å². The molecule has 35 heavy (non-hydrogen) atoms. The van der Waals surface area contributed by atoms with E-state index in [2.05, 4.69) is 13.8 Å². The van der Waals surface area contributed by atoms with Gasteiger partial charge in [-0.2, -0.15) is 0 Å². The van der Waals surface area contributed by atoms with Crippen molar-refractivity contribution in [3.05, 3.63) is 53.1 Å². The first-order chi connectivity index (χ1) is 16.8. The Kier molecular flexibility index (Phi) is 8.51. The van der Waals surface area contributed by atoms with Gasteiger partial charge in [-0.05, 0) is 69.2 Å². The smallest absolute Gasteiger partial charge is 0.291 e. The molecule has 2 unspecified atom stereocenters. The van der Waals surface area contributed by atoms with Crippen molar-refractivity contribution in [2.24, 2.45) is 5.92 Å². The van der Waals surface area contributed by atoms with Crippen molar-refractivity contribution in [1.29, 1.82) is 0 Å². The lowest BCUT2D eigenvalue weighted by Gasteiger charge is -2.28. The molecule has 2 aromatic carbocycles. The average Bonchev–Trinajstić information content (AvgIpc) is 3.10. The Morgan fingerprint density at radius 3 is 2.37 bits per heavy atom. The van der Waals surface area contributed by atoms with E-state index in [1.54, 1.807) is 44.4 Å². The number of quaternary nitrogens is 1. The number of methoxy groups -OCH3 is 1. The number of aryl methyl sites for hydroxylation is 1. The lowest BCUT2D eigenvalue weighted by molar-refractivity contribution is -0.895. The van der Waals surface area contributed by atoms with E-state index in [4.69, 9.17) is 9.47 Å². The molecule has 2 aromatic rings. The quantitative estimate of drug-likeness (QED) is 0.288. The molecular formula is C27H35N2O6+. The number of benzene rings is 2. The van der Waals surface area contributed by atoms with Crippen LogP contribution in [0, 0.1) is 12.8 Å². The van der Waals surface area contributed by atoms with Gasteiger partial charge in [0.25, 0.3) is 5.91 Å². The van der Waals surface area contributed by atoms with Crippen LogP contribution in [-0.2, 0) is 9.59 Å². The van der Waals surface area contributed by atoms with Gasteiger partial charge in [-0.15, -0.1) is 0 Å². The number of amides is 1. The number of hydrogen-bond donors (Lipinski definition) is 2. The van der Waals surface area contributed by atoms with Crippen LogP contribution in [0.2, 0.25) is 0 Å². The Balaban J connectivity index is 2.07. The molecule has 8 nitrogen and oxygen atoms in total. The van der Waals surface area contributed by atoms with Crippen molar-refractivity contribution in [3.63, 3.8) is 0 Å². The number of hydrogen-bond acceptors (Lipinski definition) is 6. The number of ether oxygens (including phenoxy) is 2. The first-order valence-corrected chi connectivity index (χ1v) is 12.1. The van der Waals surface area contributed by atoms with Gasteiger partial charge < -0.3 is 24.4 Å². The summed E-state index contributed by atoms with van der Waals surface area (Å²) in [5.41, 5.74) is 1.68. The van der Waals surface area contributed by atoms with E-state index in [0.717, 1.165) is 18.7 Å². The summed E-state index contributed by atoms with van der Waals surface area (Å²) in [6.45, 7) is 10.9. The SMILES string of the molecule is CCOc1cc(C2C(C(=O)c3ccc(OC)c(C)c3)C(=O)C(=O)N2CC[NH+](CC)CC)ccc1O. The molecule has 188 valence electrons. The van der Waals surface area contributed by atoms with Crippen molar-refractivity contribution < 1.29 is 33.9 Å². The first kappa shape index (κ1) is 26.2. The predicted octanol–water partition coefficient (Wildman–Crippen LogP) is 1.98. The summed E-state index contributed by atoms with van der Waals surface area (Å²) in [5.74, 6) is -2.14. The molecule has 0 saturated carbocycles. The number of rotatable bonds is 11. The summed E-state index contributed by atoms with van der Waals surface area (Å²) in [4.78, 5) is 42.9. The van der Waals surface area contributed by atoms with Crippen LogP contribution in [0.1, 0.15) is 48.3 Å². The van der Waals surface area contributed by atoms with Crippen LogP contribution in [0.25, 0.3) is 0 Å². The number of phenols is 1. The summed E-state index contributed by atoms with van der Waals surface area (Å²) >= 11 is 0. The number of phenolic OH excluding ortho intramolecular Hbond substituents is 1. The molecule has 1 aliphatic rings. The van der Waals surface area contributed by atoms with Gasteiger partial charge in [0.15, 0.2) is 17.3 Å². The molecule has 1 amide bonds. The summed E-state index contributed by atoms with van der Waals surface area (Å²) in [6.07, 6.45) is 0. The number of aromatic hydroxyl groups is 1.